The standard InChI is InChI=1S/C19H14F3N3O2S.Ir/c1-18(2)16(27)24(17(28)25(18)12-5-7-14(26)8-6-12)13-4-3-11(10-23)15(9-13)19(20,21)22;/h3-9,26H,1-2H3;. The number of rotatable bonds is 2. The van der Waals surface area contributed by atoms with E-state index in [1.165, 1.54) is 29.2 Å². The van der Waals surface area contributed by atoms with E-state index in [1.807, 2.05) is 0 Å². The summed E-state index contributed by atoms with van der Waals surface area (Å²) in [7, 11) is 0. The molecule has 5 nitrogen and oxygen atoms in total. The van der Waals surface area contributed by atoms with Gasteiger partial charge in [0.15, 0.2) is 5.11 Å². The summed E-state index contributed by atoms with van der Waals surface area (Å²) in [6.07, 6.45) is -4.75. The molecule has 1 fully saturated rings. The van der Waals surface area contributed by atoms with Crippen LogP contribution in [0.1, 0.15) is 25.0 Å². The van der Waals surface area contributed by atoms with Gasteiger partial charge in [0.05, 0.1) is 22.9 Å². The van der Waals surface area contributed by atoms with Crippen LogP contribution in [0.2, 0.25) is 0 Å². The molecule has 1 N–H and O–H groups in total. The van der Waals surface area contributed by atoms with E-state index < -0.39 is 28.7 Å². The molecule has 1 heterocycles. The first-order valence-corrected chi connectivity index (χ1v) is 8.48. The van der Waals surface area contributed by atoms with Crippen molar-refractivity contribution in [3.8, 4) is 11.8 Å². The first-order chi connectivity index (χ1) is 13.0. The zero-order chi connectivity index (χ0) is 20.9. The van der Waals surface area contributed by atoms with Gasteiger partial charge in [-0.15, -0.1) is 0 Å². The van der Waals surface area contributed by atoms with Gasteiger partial charge in [0.1, 0.15) is 11.3 Å². The van der Waals surface area contributed by atoms with Crippen LogP contribution in [-0.2, 0) is 31.1 Å². The third-order valence-electron chi connectivity index (χ3n) is 4.46. The Labute approximate surface area is 183 Å². The van der Waals surface area contributed by atoms with Gasteiger partial charge in [0, 0.05) is 25.8 Å². The van der Waals surface area contributed by atoms with Gasteiger partial charge < -0.3 is 10.0 Å². The van der Waals surface area contributed by atoms with Crippen molar-refractivity contribution >= 4 is 34.6 Å². The van der Waals surface area contributed by atoms with Crippen molar-refractivity contribution in [2.75, 3.05) is 9.80 Å². The number of amides is 1. The fraction of sp³-hybridized carbons (Fsp3) is 0.211. The quantitative estimate of drug-likeness (QED) is 0.526. The third-order valence-corrected chi connectivity index (χ3v) is 4.83. The second-order valence-corrected chi connectivity index (χ2v) is 7.04. The average molecular weight is 598 g/mol. The molecule has 2 aromatic carbocycles. The summed E-state index contributed by atoms with van der Waals surface area (Å²) in [6.45, 7) is 3.20. The summed E-state index contributed by atoms with van der Waals surface area (Å²) >= 11 is 5.40. The molecule has 3 rings (SSSR count). The number of carbonyl (C=O) groups is 1. The number of halogens is 3. The van der Waals surface area contributed by atoms with Gasteiger partial charge in [-0.3, -0.25) is 9.69 Å². The molecule has 0 bridgehead atoms. The number of nitrogens with zero attached hydrogens (tertiary/aromatic N) is 3. The molecule has 0 atom stereocenters. The monoisotopic (exact) mass is 598 g/mol. The zero-order valence-corrected chi connectivity index (χ0v) is 18.3. The molecule has 1 saturated heterocycles. The predicted octanol–water partition coefficient (Wildman–Crippen LogP) is 4.20. The van der Waals surface area contributed by atoms with Crippen LogP contribution < -0.4 is 9.80 Å². The Hall–Kier alpha value is -2.47. The molecule has 0 aliphatic carbocycles. The Morgan fingerprint density at radius 1 is 1.10 bits per heavy atom. The summed E-state index contributed by atoms with van der Waals surface area (Å²) in [6, 6.07) is 10.5. The largest absolute Gasteiger partial charge is 0.508 e. The zero-order valence-electron chi connectivity index (χ0n) is 15.1. The normalized spacial score (nSPS) is 15.9. The number of alkyl halides is 3. The molecule has 29 heavy (non-hydrogen) atoms. The molecule has 1 radical (unpaired) electrons. The second-order valence-electron chi connectivity index (χ2n) is 6.67. The number of hydrogen-bond acceptors (Lipinski definition) is 4. The van der Waals surface area contributed by atoms with E-state index in [0.717, 1.165) is 17.0 Å². The molecule has 0 unspecified atom stereocenters. The van der Waals surface area contributed by atoms with Crippen molar-refractivity contribution in [2.24, 2.45) is 0 Å². The number of anilines is 2. The van der Waals surface area contributed by atoms with Gasteiger partial charge in [-0.2, -0.15) is 18.4 Å². The number of aromatic hydroxyl groups is 1. The Kier molecular flexibility index (Phi) is 6.09. The van der Waals surface area contributed by atoms with Crippen LogP contribution in [0, 0.1) is 11.3 Å². The van der Waals surface area contributed by atoms with Crippen molar-refractivity contribution < 1.29 is 43.2 Å². The maximum atomic E-state index is 13.3. The fourth-order valence-electron chi connectivity index (χ4n) is 3.06. The van der Waals surface area contributed by atoms with Crippen molar-refractivity contribution in [2.45, 2.75) is 25.6 Å². The molecule has 0 saturated carbocycles. The molecule has 1 aliphatic heterocycles. The van der Waals surface area contributed by atoms with Crippen LogP contribution in [-0.4, -0.2) is 21.7 Å². The van der Waals surface area contributed by atoms with Crippen LogP contribution in [0.5, 0.6) is 5.75 Å². The number of benzene rings is 2. The van der Waals surface area contributed by atoms with E-state index in [2.05, 4.69) is 0 Å². The molecule has 10 heteroatoms. The second kappa shape index (κ2) is 7.75. The molecule has 0 spiro atoms. The number of thiocarbonyl (C=S) groups is 1. The molecule has 2 aromatic rings. The van der Waals surface area contributed by atoms with Gasteiger partial charge in [-0.05, 0) is 68.5 Å². The molecule has 0 aromatic heterocycles. The smallest absolute Gasteiger partial charge is 0.417 e. The van der Waals surface area contributed by atoms with Crippen molar-refractivity contribution in [3.05, 3.63) is 53.6 Å². The maximum Gasteiger partial charge on any atom is 0.417 e. The number of carbonyl (C=O) groups excluding carboxylic acids is 1. The average Bonchev–Trinajstić information content (AvgIpc) is 2.79. The van der Waals surface area contributed by atoms with Gasteiger partial charge in [-0.1, -0.05) is 0 Å². The van der Waals surface area contributed by atoms with E-state index >= 15 is 0 Å². The van der Waals surface area contributed by atoms with Crippen molar-refractivity contribution in [1.29, 1.82) is 5.26 Å². The van der Waals surface area contributed by atoms with Crippen molar-refractivity contribution in [3.63, 3.8) is 0 Å². The third kappa shape index (κ3) is 3.86. The van der Waals surface area contributed by atoms with Crippen molar-refractivity contribution in [1.82, 2.24) is 0 Å². The molecule has 1 amide bonds. The fourth-order valence-corrected chi connectivity index (χ4v) is 3.58. The maximum absolute atomic E-state index is 13.3. The first-order valence-electron chi connectivity index (χ1n) is 8.07. The topological polar surface area (TPSA) is 67.6 Å². The Morgan fingerprint density at radius 3 is 2.17 bits per heavy atom. The van der Waals surface area contributed by atoms with Crippen LogP contribution in [0.15, 0.2) is 42.5 Å². The van der Waals surface area contributed by atoms with E-state index in [9.17, 15) is 23.1 Å². The minimum absolute atomic E-state index is 0. The van der Waals surface area contributed by atoms with Gasteiger partial charge in [0.2, 0.25) is 0 Å². The van der Waals surface area contributed by atoms with Crippen LogP contribution >= 0.6 is 12.2 Å². The summed E-state index contributed by atoms with van der Waals surface area (Å²) < 4.78 is 39.9. The van der Waals surface area contributed by atoms with Crippen LogP contribution in [0.4, 0.5) is 24.5 Å². The minimum Gasteiger partial charge on any atom is -0.508 e. The predicted molar refractivity (Wildman–Crippen MR) is 101 cm³/mol. The summed E-state index contributed by atoms with van der Waals surface area (Å²) in [5.74, 6) is -0.486. The Bertz CT molecular complexity index is 1020. The Morgan fingerprint density at radius 2 is 1.66 bits per heavy atom. The van der Waals surface area contributed by atoms with Gasteiger partial charge >= 0.3 is 6.18 Å². The first kappa shape index (κ1) is 22.8. The summed E-state index contributed by atoms with van der Waals surface area (Å²) in [4.78, 5) is 15.5. The minimum atomic E-state index is -4.75. The van der Waals surface area contributed by atoms with E-state index in [4.69, 9.17) is 17.5 Å². The molecular weight excluding hydrogens is 584 g/mol. The van der Waals surface area contributed by atoms with Gasteiger partial charge in [-0.25, -0.2) is 0 Å². The number of phenols is 1. The van der Waals surface area contributed by atoms with Gasteiger partial charge in [0.25, 0.3) is 5.91 Å². The summed E-state index contributed by atoms with van der Waals surface area (Å²) in [5, 5.41) is 18.4. The number of phenolic OH excluding ortho intramolecular Hbond substituents is 1. The molecule has 1 aliphatic rings. The van der Waals surface area contributed by atoms with E-state index in [0.29, 0.717) is 5.69 Å². The number of hydrogen-bond donors (Lipinski definition) is 1. The van der Waals surface area contributed by atoms with E-state index in [-0.39, 0.29) is 36.7 Å². The Balaban J connectivity index is 0.00000300. The van der Waals surface area contributed by atoms with E-state index in [1.54, 1.807) is 26.0 Å². The number of nitriles is 1. The van der Waals surface area contributed by atoms with Crippen LogP contribution in [0.3, 0.4) is 0 Å². The molecular formula is C19H14F3IrN3O2S. The summed E-state index contributed by atoms with van der Waals surface area (Å²) in [5.41, 5.74) is -2.41. The SMILES string of the molecule is CC1(C)C(=O)N(c2ccc(C#N)c(C(F)(F)F)c2)C(=S)N1c1ccc(O)cc1.[Ir]. The van der Waals surface area contributed by atoms with Crippen LogP contribution in [0.25, 0.3) is 0 Å². The molecule has 153 valence electrons.